The topological polar surface area (TPSA) is 79.5 Å². The van der Waals surface area contributed by atoms with Crippen LogP contribution in [0.15, 0.2) is 39.5 Å². The molecule has 0 bridgehead atoms. The van der Waals surface area contributed by atoms with Gasteiger partial charge in [-0.1, -0.05) is 19.1 Å². The molecule has 1 aromatic heterocycles. The van der Waals surface area contributed by atoms with E-state index >= 15 is 0 Å². The number of amides is 1. The number of carbonyl (C=O) groups excluding carboxylic acids is 1. The van der Waals surface area contributed by atoms with Crippen molar-refractivity contribution >= 4 is 16.9 Å². The van der Waals surface area contributed by atoms with Gasteiger partial charge in [0.05, 0.1) is 5.39 Å². The summed E-state index contributed by atoms with van der Waals surface area (Å²) >= 11 is 0. The number of carbonyl (C=O) groups is 1. The number of aliphatic hydroxyl groups excluding tert-OH is 1. The fraction of sp³-hybridized carbons (Fsp3) is 0.286. The van der Waals surface area contributed by atoms with Crippen LogP contribution in [0.2, 0.25) is 0 Å². The van der Waals surface area contributed by atoms with E-state index in [1.807, 2.05) is 0 Å². The number of fused-ring (bicyclic) bond motifs is 1. The monoisotopic (exact) mass is 261 g/mol. The minimum absolute atomic E-state index is 0.0120. The zero-order valence-corrected chi connectivity index (χ0v) is 10.6. The van der Waals surface area contributed by atoms with E-state index in [0.29, 0.717) is 17.5 Å². The maximum Gasteiger partial charge on any atom is 0.287 e. The normalized spacial score (nSPS) is 12.3. The second-order valence-corrected chi connectivity index (χ2v) is 4.47. The van der Waals surface area contributed by atoms with Crippen LogP contribution in [-0.4, -0.2) is 24.2 Å². The predicted octanol–water partition coefficient (Wildman–Crippen LogP) is 1.15. The Balaban J connectivity index is 2.25. The molecular weight excluding hydrogens is 246 g/mol. The Morgan fingerprint density at radius 1 is 1.42 bits per heavy atom. The molecule has 5 heteroatoms. The zero-order valence-electron chi connectivity index (χ0n) is 10.6. The van der Waals surface area contributed by atoms with Gasteiger partial charge in [-0.2, -0.15) is 0 Å². The molecule has 0 aliphatic heterocycles. The molecule has 19 heavy (non-hydrogen) atoms. The smallest absolute Gasteiger partial charge is 0.287 e. The highest BCUT2D eigenvalue weighted by Crippen LogP contribution is 2.11. The molecule has 2 rings (SSSR count). The fourth-order valence-corrected chi connectivity index (χ4v) is 1.63. The Morgan fingerprint density at radius 2 is 2.16 bits per heavy atom. The molecule has 5 nitrogen and oxygen atoms in total. The van der Waals surface area contributed by atoms with Crippen LogP contribution in [0, 0.1) is 5.92 Å². The molecule has 2 N–H and O–H groups in total. The summed E-state index contributed by atoms with van der Waals surface area (Å²) in [5, 5.41) is 11.9. The van der Waals surface area contributed by atoms with Crippen molar-refractivity contribution in [2.75, 3.05) is 13.2 Å². The fourth-order valence-electron chi connectivity index (χ4n) is 1.63. The minimum atomic E-state index is -0.455. The molecule has 1 unspecified atom stereocenters. The van der Waals surface area contributed by atoms with Crippen molar-refractivity contribution in [1.29, 1.82) is 0 Å². The number of hydrogen-bond donors (Lipinski definition) is 2. The summed E-state index contributed by atoms with van der Waals surface area (Å²) in [4.78, 5) is 23.7. The highest BCUT2D eigenvalue weighted by Gasteiger charge is 2.12. The van der Waals surface area contributed by atoms with E-state index in [1.165, 1.54) is 6.07 Å². The Kier molecular flexibility index (Phi) is 3.97. The molecule has 0 spiro atoms. The lowest BCUT2D eigenvalue weighted by atomic mass is 10.2. The van der Waals surface area contributed by atoms with E-state index in [0.717, 1.165) is 0 Å². The molecule has 0 saturated heterocycles. The molecular formula is C14H15NO4. The van der Waals surface area contributed by atoms with Gasteiger partial charge in [0.2, 0.25) is 0 Å². The molecule has 1 heterocycles. The van der Waals surface area contributed by atoms with Crippen molar-refractivity contribution in [2.24, 2.45) is 5.92 Å². The molecule has 2 aromatic rings. The third kappa shape index (κ3) is 3.00. The van der Waals surface area contributed by atoms with Crippen molar-refractivity contribution in [3.8, 4) is 0 Å². The van der Waals surface area contributed by atoms with Gasteiger partial charge in [0, 0.05) is 19.2 Å². The molecule has 0 aliphatic carbocycles. The lowest BCUT2D eigenvalue weighted by molar-refractivity contribution is 0.0915. The highest BCUT2D eigenvalue weighted by molar-refractivity contribution is 5.93. The van der Waals surface area contributed by atoms with Gasteiger partial charge in [0.25, 0.3) is 5.91 Å². The Morgan fingerprint density at radius 3 is 2.89 bits per heavy atom. The third-order valence-electron chi connectivity index (χ3n) is 2.78. The van der Waals surface area contributed by atoms with Gasteiger partial charge < -0.3 is 14.8 Å². The van der Waals surface area contributed by atoms with Crippen molar-refractivity contribution < 1.29 is 14.3 Å². The van der Waals surface area contributed by atoms with Crippen molar-refractivity contribution in [3.05, 3.63) is 46.3 Å². The Hall–Kier alpha value is -2.14. The van der Waals surface area contributed by atoms with Crippen LogP contribution in [0.5, 0.6) is 0 Å². The maximum atomic E-state index is 11.8. The number of para-hydroxylation sites is 1. The van der Waals surface area contributed by atoms with Crippen LogP contribution in [0.3, 0.4) is 0 Å². The number of aliphatic hydroxyl groups is 1. The number of hydrogen-bond acceptors (Lipinski definition) is 4. The van der Waals surface area contributed by atoms with Crippen LogP contribution < -0.4 is 10.7 Å². The van der Waals surface area contributed by atoms with E-state index in [-0.39, 0.29) is 23.7 Å². The van der Waals surface area contributed by atoms with Gasteiger partial charge in [-0.15, -0.1) is 0 Å². The standard InChI is InChI=1S/C14H15NO4/c1-9(8-16)7-15-14(18)13-6-11(17)10-4-2-3-5-12(10)19-13/h2-6,9,16H,7-8H2,1H3,(H,15,18). The summed E-state index contributed by atoms with van der Waals surface area (Å²) in [7, 11) is 0. The molecule has 1 amide bonds. The summed E-state index contributed by atoms with van der Waals surface area (Å²) in [6.07, 6.45) is 0. The van der Waals surface area contributed by atoms with Crippen LogP contribution in [0.25, 0.3) is 11.0 Å². The molecule has 0 radical (unpaired) electrons. The van der Waals surface area contributed by atoms with E-state index in [1.54, 1.807) is 31.2 Å². The first-order chi connectivity index (χ1) is 9.11. The molecule has 0 fully saturated rings. The first-order valence-corrected chi connectivity index (χ1v) is 6.03. The van der Waals surface area contributed by atoms with E-state index in [2.05, 4.69) is 5.32 Å². The van der Waals surface area contributed by atoms with Gasteiger partial charge >= 0.3 is 0 Å². The quantitative estimate of drug-likeness (QED) is 0.865. The average molecular weight is 261 g/mol. The third-order valence-corrected chi connectivity index (χ3v) is 2.78. The lowest BCUT2D eigenvalue weighted by Crippen LogP contribution is -2.30. The average Bonchev–Trinajstić information content (AvgIpc) is 2.44. The first kappa shape index (κ1) is 13.3. The lowest BCUT2D eigenvalue weighted by Gasteiger charge is -2.09. The van der Waals surface area contributed by atoms with Crippen LogP contribution >= 0.6 is 0 Å². The van der Waals surface area contributed by atoms with E-state index in [4.69, 9.17) is 9.52 Å². The van der Waals surface area contributed by atoms with Gasteiger partial charge in [-0.05, 0) is 18.1 Å². The summed E-state index contributed by atoms with van der Waals surface area (Å²) in [5.74, 6) is -0.520. The summed E-state index contributed by atoms with van der Waals surface area (Å²) < 4.78 is 5.40. The van der Waals surface area contributed by atoms with Crippen LogP contribution in [0.1, 0.15) is 17.5 Å². The predicted molar refractivity (Wildman–Crippen MR) is 71.1 cm³/mol. The van der Waals surface area contributed by atoms with Gasteiger partial charge in [-0.3, -0.25) is 9.59 Å². The molecule has 0 aliphatic rings. The number of benzene rings is 1. The highest BCUT2D eigenvalue weighted by atomic mass is 16.3. The maximum absolute atomic E-state index is 11.8. The van der Waals surface area contributed by atoms with E-state index < -0.39 is 5.91 Å². The van der Waals surface area contributed by atoms with Crippen molar-refractivity contribution in [1.82, 2.24) is 5.32 Å². The molecule has 1 atom stereocenters. The summed E-state index contributed by atoms with van der Waals surface area (Å²) in [6, 6.07) is 7.95. The Bertz CT molecular complexity index is 647. The van der Waals surface area contributed by atoms with Crippen molar-refractivity contribution in [3.63, 3.8) is 0 Å². The molecule has 1 aromatic carbocycles. The van der Waals surface area contributed by atoms with Crippen LogP contribution in [0.4, 0.5) is 0 Å². The molecule has 0 saturated carbocycles. The zero-order chi connectivity index (χ0) is 13.8. The second-order valence-electron chi connectivity index (χ2n) is 4.47. The van der Waals surface area contributed by atoms with Gasteiger partial charge in [0.1, 0.15) is 5.58 Å². The van der Waals surface area contributed by atoms with Gasteiger partial charge in [0.15, 0.2) is 11.2 Å². The summed E-state index contributed by atoms with van der Waals surface area (Å²) in [6.45, 7) is 2.12. The largest absolute Gasteiger partial charge is 0.451 e. The summed E-state index contributed by atoms with van der Waals surface area (Å²) in [5.41, 5.74) is 0.137. The number of nitrogens with one attached hydrogen (secondary N) is 1. The number of rotatable bonds is 4. The first-order valence-electron chi connectivity index (χ1n) is 6.03. The van der Waals surface area contributed by atoms with E-state index in [9.17, 15) is 9.59 Å². The SMILES string of the molecule is CC(CO)CNC(=O)c1cc(=O)c2ccccc2o1. The Labute approximate surface area is 109 Å². The van der Waals surface area contributed by atoms with Gasteiger partial charge in [-0.25, -0.2) is 0 Å². The second kappa shape index (κ2) is 5.67. The molecule has 100 valence electrons. The van der Waals surface area contributed by atoms with Crippen molar-refractivity contribution in [2.45, 2.75) is 6.92 Å². The minimum Gasteiger partial charge on any atom is -0.451 e. The van der Waals surface area contributed by atoms with Crippen LogP contribution in [-0.2, 0) is 0 Å².